The van der Waals surface area contributed by atoms with Gasteiger partial charge in [-0.3, -0.25) is 29.0 Å². The minimum atomic E-state index is -0.503. The molecule has 276 valence electrons. The van der Waals surface area contributed by atoms with Crippen LogP contribution in [0, 0.1) is 23.7 Å². The SMILES string of the molecule is CC(=N)/C(=C(/C)O)c1ccc(C)c(N(CCCCCNc2ccc3c(c2)C(=O)N(C(C)CCC(=O)N(C)C=O)C3=O)c2ccc(C3(C#N)CC3)cc2)c1. The van der Waals surface area contributed by atoms with E-state index in [0.29, 0.717) is 36.2 Å². The van der Waals surface area contributed by atoms with Gasteiger partial charge < -0.3 is 20.7 Å². The summed E-state index contributed by atoms with van der Waals surface area (Å²) in [5.41, 5.74) is 6.68. The van der Waals surface area contributed by atoms with E-state index in [-0.39, 0.29) is 41.5 Å². The van der Waals surface area contributed by atoms with Gasteiger partial charge >= 0.3 is 0 Å². The number of hydrogen-bond acceptors (Lipinski definition) is 9. The summed E-state index contributed by atoms with van der Waals surface area (Å²) < 4.78 is 0. The molecule has 11 nitrogen and oxygen atoms in total. The largest absolute Gasteiger partial charge is 0.512 e. The number of hydrogen-bond donors (Lipinski definition) is 3. The molecule has 0 spiro atoms. The maximum Gasteiger partial charge on any atom is 0.261 e. The van der Waals surface area contributed by atoms with Crippen molar-refractivity contribution in [3.05, 3.63) is 94.2 Å². The number of allylic oxidation sites excluding steroid dienone is 2. The average molecular weight is 717 g/mol. The number of amides is 4. The second kappa shape index (κ2) is 16.3. The van der Waals surface area contributed by atoms with E-state index in [1.165, 1.54) is 11.9 Å². The van der Waals surface area contributed by atoms with E-state index in [0.717, 1.165) is 70.8 Å². The number of aryl methyl sites for hydroxylation is 1. The lowest BCUT2D eigenvalue weighted by Crippen LogP contribution is -2.38. The minimum absolute atomic E-state index is 0.0434. The van der Waals surface area contributed by atoms with Crippen molar-refractivity contribution in [2.75, 3.05) is 30.4 Å². The summed E-state index contributed by atoms with van der Waals surface area (Å²) in [5, 5.41) is 31.8. The molecule has 1 aliphatic heterocycles. The lowest BCUT2D eigenvalue weighted by Gasteiger charge is -2.28. The van der Waals surface area contributed by atoms with Crippen molar-refractivity contribution in [1.29, 1.82) is 10.7 Å². The van der Waals surface area contributed by atoms with E-state index >= 15 is 0 Å². The molecule has 1 fully saturated rings. The maximum atomic E-state index is 13.3. The maximum absolute atomic E-state index is 13.3. The summed E-state index contributed by atoms with van der Waals surface area (Å²) in [7, 11) is 1.38. The molecule has 4 amide bonds. The predicted octanol–water partition coefficient (Wildman–Crippen LogP) is 7.68. The Hall–Kier alpha value is -5.76. The van der Waals surface area contributed by atoms with Gasteiger partial charge in [-0.05, 0) is 119 Å². The van der Waals surface area contributed by atoms with Gasteiger partial charge in [0.1, 0.15) is 0 Å². The second-order valence-corrected chi connectivity index (χ2v) is 14.2. The van der Waals surface area contributed by atoms with Crippen molar-refractivity contribution in [3.63, 3.8) is 0 Å². The molecule has 1 atom stereocenters. The monoisotopic (exact) mass is 716 g/mol. The van der Waals surface area contributed by atoms with Crippen molar-refractivity contribution >= 4 is 52.5 Å². The summed E-state index contributed by atoms with van der Waals surface area (Å²) in [5.74, 6) is -1.05. The molecule has 3 N–H and O–H groups in total. The number of imide groups is 2. The van der Waals surface area contributed by atoms with Crippen LogP contribution in [0.4, 0.5) is 17.1 Å². The molecule has 11 heteroatoms. The quantitative estimate of drug-likeness (QED) is 0.0422. The van der Waals surface area contributed by atoms with Crippen molar-refractivity contribution in [2.24, 2.45) is 0 Å². The highest BCUT2D eigenvalue weighted by molar-refractivity contribution is 6.22. The molecule has 1 heterocycles. The van der Waals surface area contributed by atoms with E-state index in [1.807, 2.05) is 18.2 Å². The smallest absolute Gasteiger partial charge is 0.261 e. The fraction of sp³-hybridized carbons (Fsp3) is 0.381. The number of unbranched alkanes of at least 4 members (excludes halogenated alkanes) is 2. The van der Waals surface area contributed by atoms with Gasteiger partial charge in [-0.15, -0.1) is 0 Å². The van der Waals surface area contributed by atoms with Gasteiger partial charge in [0.05, 0.1) is 28.4 Å². The highest BCUT2D eigenvalue weighted by atomic mass is 16.3. The van der Waals surface area contributed by atoms with Crippen LogP contribution < -0.4 is 10.2 Å². The van der Waals surface area contributed by atoms with E-state index in [9.17, 15) is 29.5 Å². The van der Waals surface area contributed by atoms with Gasteiger partial charge in [0, 0.05) is 60.9 Å². The number of nitrogens with one attached hydrogen (secondary N) is 2. The van der Waals surface area contributed by atoms with Gasteiger partial charge in [0.25, 0.3) is 11.8 Å². The van der Waals surface area contributed by atoms with Crippen molar-refractivity contribution in [1.82, 2.24) is 9.80 Å². The first-order valence-electron chi connectivity index (χ1n) is 18.1. The van der Waals surface area contributed by atoms with Crippen LogP contribution in [0.25, 0.3) is 5.57 Å². The zero-order chi connectivity index (χ0) is 38.4. The number of aliphatic hydroxyl groups is 1. The molecule has 1 aliphatic carbocycles. The fourth-order valence-electron chi connectivity index (χ4n) is 6.96. The number of carbonyl (C=O) groups excluding carboxylic acids is 4. The average Bonchev–Trinajstić information content (AvgIpc) is 3.90. The Morgan fingerprint density at radius 1 is 1.04 bits per heavy atom. The van der Waals surface area contributed by atoms with Crippen molar-refractivity contribution < 1.29 is 24.3 Å². The third kappa shape index (κ3) is 8.33. The molecule has 0 saturated heterocycles. The van der Waals surface area contributed by atoms with E-state index in [1.54, 1.807) is 39.0 Å². The van der Waals surface area contributed by atoms with Crippen LogP contribution in [-0.2, 0) is 15.0 Å². The molecule has 1 unspecified atom stereocenters. The van der Waals surface area contributed by atoms with Gasteiger partial charge in [-0.25, -0.2) is 0 Å². The number of carbonyl (C=O) groups is 4. The number of nitrogens with zero attached hydrogens (tertiary/aromatic N) is 4. The van der Waals surface area contributed by atoms with Crippen LogP contribution in [0.1, 0.15) is 103 Å². The summed E-state index contributed by atoms with van der Waals surface area (Å²) >= 11 is 0. The number of rotatable bonds is 17. The molecular weight excluding hydrogens is 668 g/mol. The molecule has 1 saturated carbocycles. The lowest BCUT2D eigenvalue weighted by molar-refractivity contribution is -0.136. The Morgan fingerprint density at radius 3 is 2.36 bits per heavy atom. The molecule has 0 aromatic heterocycles. The number of fused-ring (bicyclic) bond motifs is 1. The van der Waals surface area contributed by atoms with Crippen LogP contribution in [0.5, 0.6) is 0 Å². The highest BCUT2D eigenvalue weighted by Gasteiger charge is 2.44. The molecule has 0 bridgehead atoms. The Labute approximate surface area is 311 Å². The fourth-order valence-corrected chi connectivity index (χ4v) is 6.96. The number of benzene rings is 3. The first-order chi connectivity index (χ1) is 25.3. The summed E-state index contributed by atoms with van der Waals surface area (Å²) in [4.78, 5) is 53.7. The van der Waals surface area contributed by atoms with Crippen molar-refractivity contribution in [3.8, 4) is 6.07 Å². The van der Waals surface area contributed by atoms with E-state index in [2.05, 4.69) is 47.5 Å². The zero-order valence-corrected chi connectivity index (χ0v) is 31.2. The van der Waals surface area contributed by atoms with Crippen molar-refractivity contribution in [2.45, 2.75) is 84.1 Å². The molecule has 5 rings (SSSR count). The Balaban J connectivity index is 1.22. The normalized spacial score (nSPS) is 15.2. The zero-order valence-electron chi connectivity index (χ0n) is 31.2. The number of aliphatic hydroxyl groups excluding tert-OH is 1. The molecule has 2 aliphatic rings. The highest BCUT2D eigenvalue weighted by Crippen LogP contribution is 2.48. The first kappa shape index (κ1) is 38.5. The summed E-state index contributed by atoms with van der Waals surface area (Å²) in [6.45, 7) is 8.42. The van der Waals surface area contributed by atoms with Gasteiger partial charge in [0.2, 0.25) is 12.3 Å². The van der Waals surface area contributed by atoms with E-state index in [4.69, 9.17) is 5.41 Å². The third-order valence-corrected chi connectivity index (χ3v) is 10.3. The first-order valence-corrected chi connectivity index (χ1v) is 18.1. The molecular formula is C42H48N6O5. The van der Waals surface area contributed by atoms with Crippen LogP contribution in [0.2, 0.25) is 0 Å². The van der Waals surface area contributed by atoms with Crippen LogP contribution in [0.15, 0.2) is 66.4 Å². The molecule has 3 aromatic carbocycles. The number of anilines is 3. The third-order valence-electron chi connectivity index (χ3n) is 10.3. The minimum Gasteiger partial charge on any atom is -0.512 e. The topological polar surface area (TPSA) is 158 Å². The van der Waals surface area contributed by atoms with Gasteiger partial charge in [0.15, 0.2) is 0 Å². The Kier molecular flexibility index (Phi) is 11.8. The second-order valence-electron chi connectivity index (χ2n) is 14.2. The van der Waals surface area contributed by atoms with E-state index < -0.39 is 11.9 Å². The Morgan fingerprint density at radius 2 is 1.74 bits per heavy atom. The predicted molar refractivity (Wildman–Crippen MR) is 207 cm³/mol. The standard InChI is InChI=1S/C42H48N6O5/c1-27-9-11-31(39(29(3)44)30(4)50)23-37(27)47(34-15-12-32(13-16-34)42(25-43)19-20-42)22-8-6-7-21-45-33-14-17-35-36(24-33)41(53)48(40(35)52)28(2)10-18-38(51)46(5)26-49/h9,11-17,23-24,26,28,44-45,50H,6-8,10,18-22H2,1-5H3/b39-30+,44-29?. The summed E-state index contributed by atoms with van der Waals surface area (Å²) in [6, 6.07) is 21.4. The molecule has 53 heavy (non-hydrogen) atoms. The molecule has 3 aromatic rings. The lowest BCUT2D eigenvalue weighted by atomic mass is 9.96. The van der Waals surface area contributed by atoms with Gasteiger partial charge in [-0.1, -0.05) is 24.3 Å². The van der Waals surface area contributed by atoms with Crippen LogP contribution in [-0.4, -0.2) is 70.9 Å². The Bertz CT molecular complexity index is 1990. The molecule has 0 radical (unpaired) electrons. The number of nitriles is 1. The van der Waals surface area contributed by atoms with Crippen LogP contribution >= 0.6 is 0 Å². The van der Waals surface area contributed by atoms with Gasteiger partial charge in [-0.2, -0.15) is 5.26 Å². The van der Waals surface area contributed by atoms with Crippen LogP contribution in [0.3, 0.4) is 0 Å². The summed E-state index contributed by atoms with van der Waals surface area (Å²) in [6.07, 6.45) is 5.13.